The van der Waals surface area contributed by atoms with Crippen LogP contribution in [0.25, 0.3) is 0 Å². The highest BCUT2D eigenvalue weighted by Crippen LogP contribution is 2.24. The summed E-state index contributed by atoms with van der Waals surface area (Å²) in [4.78, 5) is 22.6. The lowest BCUT2D eigenvalue weighted by Crippen LogP contribution is -2.40. The fraction of sp³-hybridized carbons (Fsp3) is 0.429. The summed E-state index contributed by atoms with van der Waals surface area (Å²) in [6.45, 7) is 2.85. The molecule has 0 aromatic heterocycles. The molecule has 1 aromatic rings. The average molecular weight is 281 g/mol. The van der Waals surface area contributed by atoms with Gasteiger partial charge in [0, 0.05) is 13.2 Å². The summed E-state index contributed by atoms with van der Waals surface area (Å²) in [6.07, 6.45) is 1.78. The molecular weight excluding hydrogens is 265 g/mol. The SMILES string of the molecule is CC1(CNC(=O)c2ccc(C(=O)O)cc2F)CCCO1. The molecule has 2 rings (SSSR count). The predicted octanol–water partition coefficient (Wildman–Crippen LogP) is 1.82. The Kier molecular flexibility index (Phi) is 4.04. The van der Waals surface area contributed by atoms with Gasteiger partial charge in [-0.05, 0) is 38.0 Å². The van der Waals surface area contributed by atoms with E-state index in [1.807, 2.05) is 6.92 Å². The number of hydrogen-bond acceptors (Lipinski definition) is 3. The minimum Gasteiger partial charge on any atom is -0.478 e. The van der Waals surface area contributed by atoms with Crippen molar-refractivity contribution in [3.63, 3.8) is 0 Å². The molecule has 2 N–H and O–H groups in total. The van der Waals surface area contributed by atoms with Crippen molar-refractivity contribution in [1.29, 1.82) is 0 Å². The molecule has 1 atom stereocenters. The second-order valence-corrected chi connectivity index (χ2v) is 5.08. The first-order valence-electron chi connectivity index (χ1n) is 6.36. The summed E-state index contributed by atoms with van der Waals surface area (Å²) < 4.78 is 19.2. The van der Waals surface area contributed by atoms with Crippen LogP contribution >= 0.6 is 0 Å². The summed E-state index contributed by atoms with van der Waals surface area (Å²) >= 11 is 0. The average Bonchev–Trinajstić information content (AvgIpc) is 2.83. The summed E-state index contributed by atoms with van der Waals surface area (Å²) in [6, 6.07) is 3.21. The first-order valence-corrected chi connectivity index (χ1v) is 6.36. The number of carbonyl (C=O) groups is 2. The number of carboxylic acid groups (broad SMARTS) is 1. The highest BCUT2D eigenvalue weighted by atomic mass is 19.1. The van der Waals surface area contributed by atoms with E-state index in [0.717, 1.165) is 18.9 Å². The molecule has 5 nitrogen and oxygen atoms in total. The van der Waals surface area contributed by atoms with Crippen LogP contribution in [0.4, 0.5) is 4.39 Å². The molecule has 0 radical (unpaired) electrons. The number of rotatable bonds is 4. The van der Waals surface area contributed by atoms with Gasteiger partial charge in [0.05, 0.1) is 16.7 Å². The monoisotopic (exact) mass is 281 g/mol. The van der Waals surface area contributed by atoms with Gasteiger partial charge in [0.25, 0.3) is 5.91 Å². The van der Waals surface area contributed by atoms with Gasteiger partial charge in [0.15, 0.2) is 0 Å². The molecule has 1 aliphatic rings. The zero-order valence-electron chi connectivity index (χ0n) is 11.1. The topological polar surface area (TPSA) is 75.6 Å². The lowest BCUT2D eigenvalue weighted by molar-refractivity contribution is 0.0205. The zero-order chi connectivity index (χ0) is 14.8. The quantitative estimate of drug-likeness (QED) is 0.882. The lowest BCUT2D eigenvalue weighted by atomic mass is 10.0. The van der Waals surface area contributed by atoms with Crippen molar-refractivity contribution in [2.75, 3.05) is 13.2 Å². The van der Waals surface area contributed by atoms with Gasteiger partial charge in [0.1, 0.15) is 5.82 Å². The van der Waals surface area contributed by atoms with E-state index in [2.05, 4.69) is 5.32 Å². The molecule has 1 aliphatic heterocycles. The zero-order valence-corrected chi connectivity index (χ0v) is 11.1. The van der Waals surface area contributed by atoms with Crippen molar-refractivity contribution in [3.8, 4) is 0 Å². The van der Waals surface area contributed by atoms with Crippen molar-refractivity contribution in [2.45, 2.75) is 25.4 Å². The molecule has 0 bridgehead atoms. The molecule has 108 valence electrons. The second kappa shape index (κ2) is 5.58. The molecule has 0 aliphatic carbocycles. The van der Waals surface area contributed by atoms with Crippen molar-refractivity contribution >= 4 is 11.9 Å². The molecule has 1 amide bonds. The number of benzene rings is 1. The van der Waals surface area contributed by atoms with Gasteiger partial charge < -0.3 is 15.2 Å². The smallest absolute Gasteiger partial charge is 0.335 e. The first-order chi connectivity index (χ1) is 9.41. The van der Waals surface area contributed by atoms with E-state index in [0.29, 0.717) is 13.2 Å². The maximum absolute atomic E-state index is 13.7. The van der Waals surface area contributed by atoms with Crippen molar-refractivity contribution < 1.29 is 23.8 Å². The molecule has 1 aromatic carbocycles. The van der Waals surface area contributed by atoms with Gasteiger partial charge in [-0.1, -0.05) is 0 Å². The van der Waals surface area contributed by atoms with E-state index in [4.69, 9.17) is 9.84 Å². The number of nitrogens with one attached hydrogen (secondary N) is 1. The van der Waals surface area contributed by atoms with E-state index in [9.17, 15) is 14.0 Å². The Morgan fingerprint density at radius 3 is 2.80 bits per heavy atom. The van der Waals surface area contributed by atoms with Crippen molar-refractivity contribution in [2.24, 2.45) is 0 Å². The Balaban J connectivity index is 2.04. The number of hydrogen-bond donors (Lipinski definition) is 2. The van der Waals surface area contributed by atoms with Gasteiger partial charge in [0.2, 0.25) is 0 Å². The van der Waals surface area contributed by atoms with Crippen molar-refractivity contribution in [3.05, 3.63) is 35.1 Å². The first kappa shape index (κ1) is 14.5. The Labute approximate surface area is 115 Å². The van der Waals surface area contributed by atoms with Crippen LogP contribution in [0.2, 0.25) is 0 Å². The van der Waals surface area contributed by atoms with Crippen LogP contribution in [-0.4, -0.2) is 35.7 Å². The maximum atomic E-state index is 13.7. The molecular formula is C14H16FNO4. The van der Waals surface area contributed by atoms with Crippen LogP contribution in [0.3, 0.4) is 0 Å². The molecule has 6 heteroatoms. The molecule has 20 heavy (non-hydrogen) atoms. The number of halogens is 1. The number of aromatic carboxylic acids is 1. The Morgan fingerprint density at radius 1 is 1.50 bits per heavy atom. The van der Waals surface area contributed by atoms with E-state index >= 15 is 0 Å². The third kappa shape index (κ3) is 3.14. The Bertz CT molecular complexity index is 538. The number of amides is 1. The second-order valence-electron chi connectivity index (χ2n) is 5.08. The van der Waals surface area contributed by atoms with E-state index < -0.39 is 23.3 Å². The van der Waals surface area contributed by atoms with Gasteiger partial charge in [-0.15, -0.1) is 0 Å². The molecule has 0 spiro atoms. The molecule has 1 saturated heterocycles. The number of carbonyl (C=O) groups excluding carboxylic acids is 1. The summed E-state index contributed by atoms with van der Waals surface area (Å²) in [5, 5.41) is 11.4. The van der Waals surface area contributed by atoms with Crippen molar-refractivity contribution in [1.82, 2.24) is 5.32 Å². The van der Waals surface area contributed by atoms with Gasteiger partial charge in [-0.2, -0.15) is 0 Å². The third-order valence-electron chi connectivity index (χ3n) is 3.38. The summed E-state index contributed by atoms with van der Waals surface area (Å²) in [5.41, 5.74) is -0.769. The van der Waals surface area contributed by atoms with Crippen LogP contribution in [0, 0.1) is 5.82 Å². The standard InChI is InChI=1S/C14H16FNO4/c1-14(5-2-6-20-14)8-16-12(17)10-4-3-9(13(18)19)7-11(10)15/h3-4,7H,2,5-6,8H2,1H3,(H,16,17)(H,18,19). The number of carboxylic acids is 1. The van der Waals surface area contributed by atoms with Gasteiger partial charge in [-0.25, -0.2) is 9.18 Å². The van der Waals surface area contributed by atoms with Crippen LogP contribution in [0.5, 0.6) is 0 Å². The normalized spacial score (nSPS) is 21.7. The predicted molar refractivity (Wildman–Crippen MR) is 69.3 cm³/mol. The minimum absolute atomic E-state index is 0.170. The Morgan fingerprint density at radius 2 is 2.25 bits per heavy atom. The maximum Gasteiger partial charge on any atom is 0.335 e. The Hall–Kier alpha value is -1.95. The van der Waals surface area contributed by atoms with Crippen LogP contribution in [-0.2, 0) is 4.74 Å². The molecule has 1 heterocycles. The van der Waals surface area contributed by atoms with Crippen LogP contribution < -0.4 is 5.32 Å². The van der Waals surface area contributed by atoms with Gasteiger partial charge >= 0.3 is 5.97 Å². The fourth-order valence-electron chi connectivity index (χ4n) is 2.17. The molecule has 1 fully saturated rings. The van der Waals surface area contributed by atoms with Crippen LogP contribution in [0.15, 0.2) is 18.2 Å². The summed E-state index contributed by atoms with van der Waals surface area (Å²) in [5.74, 6) is -2.65. The lowest BCUT2D eigenvalue weighted by Gasteiger charge is -2.23. The minimum atomic E-state index is -1.23. The fourth-order valence-corrected chi connectivity index (χ4v) is 2.17. The van der Waals surface area contributed by atoms with E-state index in [1.54, 1.807) is 0 Å². The summed E-state index contributed by atoms with van der Waals surface area (Å²) in [7, 11) is 0. The van der Waals surface area contributed by atoms with E-state index in [-0.39, 0.29) is 11.1 Å². The number of ether oxygens (including phenoxy) is 1. The highest BCUT2D eigenvalue weighted by molar-refractivity contribution is 5.96. The molecule has 1 unspecified atom stereocenters. The largest absolute Gasteiger partial charge is 0.478 e. The molecule has 0 saturated carbocycles. The van der Waals surface area contributed by atoms with Gasteiger partial charge in [-0.3, -0.25) is 4.79 Å². The third-order valence-corrected chi connectivity index (χ3v) is 3.38. The van der Waals surface area contributed by atoms with Crippen LogP contribution in [0.1, 0.15) is 40.5 Å². The highest BCUT2D eigenvalue weighted by Gasteiger charge is 2.30. The van der Waals surface area contributed by atoms with E-state index in [1.165, 1.54) is 12.1 Å².